The zero-order chi connectivity index (χ0) is 17.4. The van der Waals surface area contributed by atoms with Gasteiger partial charge in [0, 0.05) is 23.6 Å². The Bertz CT molecular complexity index is 919. The van der Waals surface area contributed by atoms with E-state index in [-0.39, 0.29) is 22.9 Å². The fourth-order valence-corrected chi connectivity index (χ4v) is 2.63. The number of benzene rings is 2. The number of hydrogen-bond donors (Lipinski definition) is 3. The van der Waals surface area contributed by atoms with Crippen LogP contribution >= 0.6 is 0 Å². The van der Waals surface area contributed by atoms with Crippen molar-refractivity contribution >= 4 is 16.9 Å². The van der Waals surface area contributed by atoms with Gasteiger partial charge in [-0.25, -0.2) is 18.0 Å². The molecule has 0 spiro atoms. The van der Waals surface area contributed by atoms with Gasteiger partial charge in [-0.1, -0.05) is 0 Å². The standard InChI is InChI=1S/C17H12F3NO3/c18-9-3-1-8(2-4-9)15-12(7-14(22)17(23)24)11-5-10(19)6-13(20)16(11)21-15/h1-6,14,21-22H,7H2,(H,23,24)/t14-/m0/s1. The van der Waals surface area contributed by atoms with Crippen molar-refractivity contribution in [3.63, 3.8) is 0 Å². The van der Waals surface area contributed by atoms with E-state index in [1.807, 2.05) is 0 Å². The molecule has 24 heavy (non-hydrogen) atoms. The average Bonchev–Trinajstić information content (AvgIpc) is 2.87. The molecule has 0 unspecified atom stereocenters. The van der Waals surface area contributed by atoms with Crippen LogP contribution in [0, 0.1) is 17.5 Å². The minimum absolute atomic E-state index is 0.0108. The number of rotatable bonds is 4. The molecule has 1 aromatic heterocycles. The first kappa shape index (κ1) is 16.1. The Kier molecular flexibility index (Phi) is 4.02. The van der Waals surface area contributed by atoms with Gasteiger partial charge in [0.25, 0.3) is 0 Å². The van der Waals surface area contributed by atoms with Crippen LogP contribution in [0.5, 0.6) is 0 Å². The Morgan fingerprint density at radius 2 is 1.75 bits per heavy atom. The van der Waals surface area contributed by atoms with E-state index in [0.29, 0.717) is 17.3 Å². The summed E-state index contributed by atoms with van der Waals surface area (Å²) in [6, 6.07) is 6.98. The van der Waals surface area contributed by atoms with Crippen molar-refractivity contribution in [2.45, 2.75) is 12.5 Å². The number of aliphatic carboxylic acids is 1. The third-order valence-corrected chi connectivity index (χ3v) is 3.75. The molecule has 2 aromatic carbocycles. The summed E-state index contributed by atoms with van der Waals surface area (Å²) in [4.78, 5) is 13.7. The summed E-state index contributed by atoms with van der Waals surface area (Å²) in [6.45, 7) is 0. The molecule has 3 rings (SSSR count). The SMILES string of the molecule is O=C(O)[C@@H](O)Cc1c(-c2ccc(F)cc2)[nH]c2c(F)cc(F)cc12. The third-order valence-electron chi connectivity index (χ3n) is 3.75. The van der Waals surface area contributed by atoms with Gasteiger partial charge in [-0.3, -0.25) is 0 Å². The highest BCUT2D eigenvalue weighted by atomic mass is 19.1. The van der Waals surface area contributed by atoms with E-state index in [2.05, 4.69) is 4.98 Å². The van der Waals surface area contributed by atoms with Gasteiger partial charge in [0.2, 0.25) is 0 Å². The van der Waals surface area contributed by atoms with Crippen LogP contribution < -0.4 is 0 Å². The number of aliphatic hydroxyl groups excluding tert-OH is 1. The van der Waals surface area contributed by atoms with E-state index in [0.717, 1.165) is 6.07 Å². The minimum Gasteiger partial charge on any atom is -0.479 e. The molecule has 124 valence electrons. The number of H-pyrrole nitrogens is 1. The van der Waals surface area contributed by atoms with Crippen molar-refractivity contribution in [3.8, 4) is 11.3 Å². The molecule has 0 saturated heterocycles. The van der Waals surface area contributed by atoms with Crippen LogP contribution in [-0.2, 0) is 11.2 Å². The number of fused-ring (bicyclic) bond motifs is 1. The van der Waals surface area contributed by atoms with E-state index < -0.39 is 29.5 Å². The molecule has 4 nitrogen and oxygen atoms in total. The highest BCUT2D eigenvalue weighted by Gasteiger charge is 2.22. The lowest BCUT2D eigenvalue weighted by Crippen LogP contribution is -2.22. The number of carboxylic acid groups (broad SMARTS) is 1. The smallest absolute Gasteiger partial charge is 0.332 e. The fourth-order valence-electron chi connectivity index (χ4n) is 2.63. The molecule has 0 aliphatic heterocycles. The molecule has 7 heteroatoms. The van der Waals surface area contributed by atoms with E-state index in [1.165, 1.54) is 24.3 Å². The van der Waals surface area contributed by atoms with E-state index in [9.17, 15) is 23.1 Å². The lowest BCUT2D eigenvalue weighted by molar-refractivity contribution is -0.146. The summed E-state index contributed by atoms with van der Waals surface area (Å²) in [7, 11) is 0. The molecule has 0 bridgehead atoms. The lowest BCUT2D eigenvalue weighted by atomic mass is 10.00. The first-order chi connectivity index (χ1) is 11.4. The minimum atomic E-state index is -1.74. The zero-order valence-corrected chi connectivity index (χ0v) is 12.2. The van der Waals surface area contributed by atoms with Gasteiger partial charge in [0.15, 0.2) is 6.10 Å². The Labute approximate surface area is 134 Å². The Morgan fingerprint density at radius 1 is 1.08 bits per heavy atom. The summed E-state index contributed by atoms with van der Waals surface area (Å²) < 4.78 is 40.7. The van der Waals surface area contributed by atoms with E-state index in [4.69, 9.17) is 5.11 Å². The number of aromatic amines is 1. The lowest BCUT2D eigenvalue weighted by Gasteiger charge is -2.08. The predicted octanol–water partition coefficient (Wildman–Crippen LogP) is 3.24. The van der Waals surface area contributed by atoms with Crippen molar-refractivity contribution in [2.75, 3.05) is 0 Å². The van der Waals surface area contributed by atoms with Crippen molar-refractivity contribution in [3.05, 3.63) is 59.4 Å². The van der Waals surface area contributed by atoms with Crippen molar-refractivity contribution in [1.82, 2.24) is 4.98 Å². The summed E-state index contributed by atoms with van der Waals surface area (Å²) >= 11 is 0. The molecule has 0 aliphatic rings. The maximum atomic E-state index is 14.0. The quantitative estimate of drug-likeness (QED) is 0.685. The topological polar surface area (TPSA) is 73.3 Å². The van der Waals surface area contributed by atoms with Crippen molar-refractivity contribution in [2.24, 2.45) is 0 Å². The molecule has 0 aliphatic carbocycles. The first-order valence-electron chi connectivity index (χ1n) is 7.03. The van der Waals surface area contributed by atoms with Gasteiger partial charge in [-0.2, -0.15) is 0 Å². The average molecular weight is 335 g/mol. The highest BCUT2D eigenvalue weighted by molar-refractivity contribution is 5.92. The third kappa shape index (κ3) is 2.85. The van der Waals surface area contributed by atoms with Gasteiger partial charge < -0.3 is 15.2 Å². The highest BCUT2D eigenvalue weighted by Crippen LogP contribution is 2.33. The number of nitrogens with one attached hydrogen (secondary N) is 1. The number of aromatic nitrogens is 1. The van der Waals surface area contributed by atoms with Crippen LogP contribution in [-0.4, -0.2) is 27.3 Å². The van der Waals surface area contributed by atoms with Crippen LogP contribution in [0.3, 0.4) is 0 Å². The molecular weight excluding hydrogens is 323 g/mol. The van der Waals surface area contributed by atoms with Gasteiger partial charge >= 0.3 is 5.97 Å². The summed E-state index contributed by atoms with van der Waals surface area (Å²) in [5.74, 6) is -3.59. The number of aliphatic hydroxyl groups is 1. The summed E-state index contributed by atoms with van der Waals surface area (Å²) in [5, 5.41) is 18.7. The number of halogens is 3. The monoisotopic (exact) mass is 335 g/mol. The van der Waals surface area contributed by atoms with Crippen LogP contribution in [0.4, 0.5) is 13.2 Å². The maximum absolute atomic E-state index is 14.0. The fraction of sp³-hybridized carbons (Fsp3) is 0.118. The zero-order valence-electron chi connectivity index (χ0n) is 12.2. The molecule has 0 fully saturated rings. The van der Waals surface area contributed by atoms with E-state index >= 15 is 0 Å². The maximum Gasteiger partial charge on any atom is 0.332 e. The molecule has 1 atom stereocenters. The summed E-state index contributed by atoms with van der Waals surface area (Å²) in [5.41, 5.74) is 0.989. The molecule has 3 aromatic rings. The van der Waals surface area contributed by atoms with Gasteiger partial charge in [0.05, 0.1) is 5.52 Å². The van der Waals surface area contributed by atoms with Gasteiger partial charge in [-0.15, -0.1) is 0 Å². The molecule has 0 amide bonds. The number of hydrogen-bond acceptors (Lipinski definition) is 2. The Balaban J connectivity index is 2.24. The summed E-state index contributed by atoms with van der Waals surface area (Å²) in [6.07, 6.45) is -2.10. The van der Waals surface area contributed by atoms with Crippen LogP contribution in [0.25, 0.3) is 22.2 Å². The van der Waals surface area contributed by atoms with Crippen LogP contribution in [0.2, 0.25) is 0 Å². The largest absolute Gasteiger partial charge is 0.479 e. The number of carboxylic acids is 1. The van der Waals surface area contributed by atoms with E-state index in [1.54, 1.807) is 0 Å². The molecule has 0 saturated carbocycles. The normalized spacial score (nSPS) is 12.5. The molecule has 1 heterocycles. The van der Waals surface area contributed by atoms with Crippen molar-refractivity contribution < 1.29 is 28.2 Å². The Hall–Kier alpha value is -2.80. The van der Waals surface area contributed by atoms with Crippen molar-refractivity contribution in [1.29, 1.82) is 0 Å². The molecule has 0 radical (unpaired) electrons. The number of carbonyl (C=O) groups is 1. The second-order valence-corrected chi connectivity index (χ2v) is 5.35. The van der Waals surface area contributed by atoms with Crippen LogP contribution in [0.1, 0.15) is 5.56 Å². The second kappa shape index (κ2) is 6.01. The molecule has 3 N–H and O–H groups in total. The predicted molar refractivity (Wildman–Crippen MR) is 81.0 cm³/mol. The van der Waals surface area contributed by atoms with Gasteiger partial charge in [-0.05, 0) is 41.5 Å². The van der Waals surface area contributed by atoms with Crippen LogP contribution in [0.15, 0.2) is 36.4 Å². The first-order valence-corrected chi connectivity index (χ1v) is 7.03. The Morgan fingerprint density at radius 3 is 2.38 bits per heavy atom. The van der Waals surface area contributed by atoms with Gasteiger partial charge in [0.1, 0.15) is 17.5 Å². The second-order valence-electron chi connectivity index (χ2n) is 5.35. The molecular formula is C17H12F3NO3.